The molecule has 1 atom stereocenters. The van der Waals surface area contributed by atoms with E-state index in [-0.39, 0.29) is 5.41 Å². The smallest absolute Gasteiger partial charge is 0.228 e. The van der Waals surface area contributed by atoms with Crippen molar-refractivity contribution in [3.05, 3.63) is 11.7 Å². The van der Waals surface area contributed by atoms with Gasteiger partial charge in [-0.05, 0) is 25.3 Å². The Bertz CT molecular complexity index is 328. The van der Waals surface area contributed by atoms with E-state index in [1.807, 2.05) is 0 Å². The van der Waals surface area contributed by atoms with Crippen LogP contribution in [0.25, 0.3) is 0 Å². The highest BCUT2D eigenvalue weighted by Crippen LogP contribution is 2.18. The van der Waals surface area contributed by atoms with Gasteiger partial charge in [0, 0.05) is 18.9 Å². The maximum atomic E-state index is 5.26. The van der Waals surface area contributed by atoms with Crippen molar-refractivity contribution < 1.29 is 4.52 Å². The molecule has 1 aromatic heterocycles. The summed E-state index contributed by atoms with van der Waals surface area (Å²) in [6, 6.07) is 0.387. The van der Waals surface area contributed by atoms with E-state index in [2.05, 4.69) is 50.1 Å². The van der Waals surface area contributed by atoms with Gasteiger partial charge in [-0.15, -0.1) is 0 Å². The molecule has 0 radical (unpaired) electrons. The van der Waals surface area contributed by atoms with Gasteiger partial charge in [0.1, 0.15) is 0 Å². The average molecular weight is 239 g/mol. The monoisotopic (exact) mass is 239 g/mol. The molecule has 0 fully saturated rings. The van der Waals surface area contributed by atoms with Crippen LogP contribution >= 0.6 is 0 Å². The normalized spacial score (nSPS) is 13.9. The van der Waals surface area contributed by atoms with Gasteiger partial charge in [-0.3, -0.25) is 0 Å². The lowest BCUT2D eigenvalue weighted by atomic mass is 9.92. The number of nitrogens with zero attached hydrogens (tertiary/aromatic N) is 2. The fraction of sp³-hybridized carbons (Fsp3) is 0.846. The van der Waals surface area contributed by atoms with E-state index in [1.165, 1.54) is 0 Å². The highest BCUT2D eigenvalue weighted by Gasteiger charge is 2.16. The number of rotatable bonds is 6. The summed E-state index contributed by atoms with van der Waals surface area (Å²) >= 11 is 0. The molecular formula is C13H25N3O. The molecule has 0 aliphatic rings. The summed E-state index contributed by atoms with van der Waals surface area (Å²) in [7, 11) is 0. The molecule has 0 saturated heterocycles. The minimum atomic E-state index is 0.202. The lowest BCUT2D eigenvalue weighted by molar-refractivity contribution is 0.345. The SMILES string of the molecule is CCCNC(C)Cc1nc(CC(C)(C)C)no1. The quantitative estimate of drug-likeness (QED) is 0.829. The predicted octanol–water partition coefficient (Wildman–Crippen LogP) is 2.59. The second kappa shape index (κ2) is 6.15. The summed E-state index contributed by atoms with van der Waals surface area (Å²) in [5.74, 6) is 1.55. The molecule has 1 N–H and O–H groups in total. The fourth-order valence-corrected chi connectivity index (χ4v) is 1.64. The van der Waals surface area contributed by atoms with Crippen LogP contribution in [-0.2, 0) is 12.8 Å². The molecule has 1 unspecified atom stereocenters. The number of nitrogens with one attached hydrogen (secondary N) is 1. The third-order valence-electron chi connectivity index (χ3n) is 2.42. The molecule has 1 aromatic rings. The predicted molar refractivity (Wildman–Crippen MR) is 68.9 cm³/mol. The maximum Gasteiger partial charge on any atom is 0.228 e. The van der Waals surface area contributed by atoms with Gasteiger partial charge in [-0.25, -0.2) is 0 Å². The minimum Gasteiger partial charge on any atom is -0.339 e. The summed E-state index contributed by atoms with van der Waals surface area (Å²) in [6.45, 7) is 11.9. The van der Waals surface area contributed by atoms with Gasteiger partial charge in [0.2, 0.25) is 5.89 Å². The summed E-state index contributed by atoms with van der Waals surface area (Å²) in [5.41, 5.74) is 0.202. The van der Waals surface area contributed by atoms with Gasteiger partial charge in [0.25, 0.3) is 0 Å². The summed E-state index contributed by atoms with van der Waals surface area (Å²) in [4.78, 5) is 4.43. The highest BCUT2D eigenvalue weighted by molar-refractivity contribution is 4.91. The van der Waals surface area contributed by atoms with E-state index >= 15 is 0 Å². The molecule has 0 aromatic carbocycles. The molecule has 0 aliphatic heterocycles. The van der Waals surface area contributed by atoms with Gasteiger partial charge in [-0.1, -0.05) is 32.9 Å². The van der Waals surface area contributed by atoms with Crippen molar-refractivity contribution >= 4 is 0 Å². The molecule has 4 heteroatoms. The minimum absolute atomic E-state index is 0.202. The third-order valence-corrected chi connectivity index (χ3v) is 2.42. The first-order valence-corrected chi connectivity index (χ1v) is 6.45. The summed E-state index contributed by atoms with van der Waals surface area (Å²) in [6.07, 6.45) is 2.80. The van der Waals surface area contributed by atoms with Crippen molar-refractivity contribution in [3.63, 3.8) is 0 Å². The Morgan fingerprint density at radius 1 is 1.35 bits per heavy atom. The first-order valence-electron chi connectivity index (χ1n) is 6.45. The van der Waals surface area contributed by atoms with Crippen LogP contribution in [0.1, 0.15) is 52.8 Å². The van der Waals surface area contributed by atoms with Crippen LogP contribution in [-0.4, -0.2) is 22.7 Å². The van der Waals surface area contributed by atoms with Gasteiger partial charge in [0.15, 0.2) is 5.82 Å². The average Bonchev–Trinajstić information content (AvgIpc) is 2.59. The number of hydrogen-bond acceptors (Lipinski definition) is 4. The Labute approximate surface area is 104 Å². The van der Waals surface area contributed by atoms with Crippen molar-refractivity contribution in [3.8, 4) is 0 Å². The zero-order chi connectivity index (χ0) is 12.9. The van der Waals surface area contributed by atoms with Crippen LogP contribution in [0.3, 0.4) is 0 Å². The maximum absolute atomic E-state index is 5.26. The van der Waals surface area contributed by atoms with Crippen molar-refractivity contribution in [2.24, 2.45) is 5.41 Å². The molecule has 17 heavy (non-hydrogen) atoms. The van der Waals surface area contributed by atoms with E-state index in [4.69, 9.17) is 4.52 Å². The van der Waals surface area contributed by atoms with Gasteiger partial charge in [0.05, 0.1) is 0 Å². The molecule has 98 valence electrons. The van der Waals surface area contributed by atoms with Crippen molar-refractivity contribution in [1.29, 1.82) is 0 Å². The molecule has 4 nitrogen and oxygen atoms in total. The molecule has 0 amide bonds. The van der Waals surface area contributed by atoms with Crippen molar-refractivity contribution in [2.45, 2.75) is 59.9 Å². The van der Waals surface area contributed by atoms with Crippen molar-refractivity contribution in [1.82, 2.24) is 15.5 Å². The van der Waals surface area contributed by atoms with E-state index in [0.717, 1.165) is 37.5 Å². The van der Waals surface area contributed by atoms with E-state index in [1.54, 1.807) is 0 Å². The highest BCUT2D eigenvalue weighted by atomic mass is 16.5. The molecule has 0 spiro atoms. The lowest BCUT2D eigenvalue weighted by Crippen LogP contribution is -2.28. The fourth-order valence-electron chi connectivity index (χ4n) is 1.64. The van der Waals surface area contributed by atoms with Crippen LogP contribution in [0.15, 0.2) is 4.52 Å². The van der Waals surface area contributed by atoms with E-state index in [9.17, 15) is 0 Å². The van der Waals surface area contributed by atoms with Crippen LogP contribution in [0, 0.1) is 5.41 Å². The first-order chi connectivity index (χ1) is 7.90. The van der Waals surface area contributed by atoms with Gasteiger partial charge >= 0.3 is 0 Å². The molecule has 0 aliphatic carbocycles. The van der Waals surface area contributed by atoms with Crippen LogP contribution < -0.4 is 5.32 Å². The second-order valence-corrected chi connectivity index (χ2v) is 5.90. The van der Waals surface area contributed by atoms with Crippen molar-refractivity contribution in [2.75, 3.05) is 6.54 Å². The van der Waals surface area contributed by atoms with Crippen LogP contribution in [0.5, 0.6) is 0 Å². The number of hydrogen-bond donors (Lipinski definition) is 1. The summed E-state index contributed by atoms with van der Waals surface area (Å²) in [5, 5.41) is 7.43. The second-order valence-electron chi connectivity index (χ2n) is 5.90. The molecule has 0 bridgehead atoms. The Morgan fingerprint density at radius 3 is 2.65 bits per heavy atom. The zero-order valence-electron chi connectivity index (χ0n) is 11.7. The Balaban J connectivity index is 2.45. The first kappa shape index (κ1) is 14.2. The van der Waals surface area contributed by atoms with Gasteiger partial charge < -0.3 is 9.84 Å². The molecular weight excluding hydrogens is 214 g/mol. The third kappa shape index (κ3) is 5.82. The Morgan fingerprint density at radius 2 is 2.06 bits per heavy atom. The molecule has 1 heterocycles. The standard InChI is InChI=1S/C13H25N3O/c1-6-7-14-10(2)8-12-15-11(16-17-12)9-13(3,4)5/h10,14H,6-9H2,1-5H3. The Hall–Kier alpha value is -0.900. The lowest BCUT2D eigenvalue weighted by Gasteiger charge is -2.14. The topological polar surface area (TPSA) is 51.0 Å². The van der Waals surface area contributed by atoms with Gasteiger partial charge in [-0.2, -0.15) is 4.98 Å². The van der Waals surface area contributed by atoms with Crippen LogP contribution in [0.2, 0.25) is 0 Å². The number of aromatic nitrogens is 2. The van der Waals surface area contributed by atoms with E-state index in [0.29, 0.717) is 6.04 Å². The Kier molecular flexibility index (Phi) is 5.12. The largest absolute Gasteiger partial charge is 0.339 e. The van der Waals surface area contributed by atoms with Crippen LogP contribution in [0.4, 0.5) is 0 Å². The zero-order valence-corrected chi connectivity index (χ0v) is 11.7. The molecule has 1 rings (SSSR count). The molecule has 0 saturated carbocycles. The van der Waals surface area contributed by atoms with E-state index < -0.39 is 0 Å². The summed E-state index contributed by atoms with van der Waals surface area (Å²) < 4.78 is 5.26.